The number of urea groups is 1. The summed E-state index contributed by atoms with van der Waals surface area (Å²) in [6.07, 6.45) is 7.64. The molecule has 0 bridgehead atoms. The van der Waals surface area contributed by atoms with E-state index in [0.29, 0.717) is 24.8 Å². The molecule has 1 atom stereocenters. The van der Waals surface area contributed by atoms with Gasteiger partial charge in [-0.05, 0) is 31.2 Å². The van der Waals surface area contributed by atoms with Gasteiger partial charge in [-0.2, -0.15) is 10.1 Å². The van der Waals surface area contributed by atoms with Crippen LogP contribution in [0.4, 0.5) is 4.79 Å². The second kappa shape index (κ2) is 7.46. The lowest BCUT2D eigenvalue weighted by atomic mass is 9.98. The highest BCUT2D eigenvalue weighted by molar-refractivity contribution is 5.74. The zero-order valence-corrected chi connectivity index (χ0v) is 14.2. The van der Waals surface area contributed by atoms with Gasteiger partial charge in [0, 0.05) is 45.7 Å². The van der Waals surface area contributed by atoms with Crippen molar-refractivity contribution in [3.63, 3.8) is 0 Å². The van der Waals surface area contributed by atoms with Crippen LogP contribution in [-0.4, -0.2) is 50.5 Å². The standard InChI is InChI=1S/C16H24N6O2/c1-12-19-15(20-24-12)14-6-4-8-22(11-14)16(23)17-7-3-5-13-9-18-21(2)10-13/h9-10,14H,3-8,11H2,1-2H3,(H,17,23)/t14-/m1/s1. The summed E-state index contributed by atoms with van der Waals surface area (Å²) in [7, 11) is 1.91. The summed E-state index contributed by atoms with van der Waals surface area (Å²) in [5.74, 6) is 1.45. The molecule has 3 heterocycles. The number of piperidine rings is 1. The van der Waals surface area contributed by atoms with Crippen molar-refractivity contribution in [2.24, 2.45) is 7.05 Å². The largest absolute Gasteiger partial charge is 0.340 e. The van der Waals surface area contributed by atoms with Crippen LogP contribution in [0.5, 0.6) is 0 Å². The topological polar surface area (TPSA) is 89.1 Å². The fraction of sp³-hybridized carbons (Fsp3) is 0.625. The molecule has 0 aromatic carbocycles. The Kier molecular flexibility index (Phi) is 5.12. The van der Waals surface area contributed by atoms with E-state index in [1.165, 1.54) is 5.56 Å². The average molecular weight is 332 g/mol. The van der Waals surface area contributed by atoms with Gasteiger partial charge in [0.2, 0.25) is 5.89 Å². The Bertz CT molecular complexity index is 680. The van der Waals surface area contributed by atoms with E-state index in [-0.39, 0.29) is 11.9 Å². The molecule has 8 heteroatoms. The quantitative estimate of drug-likeness (QED) is 0.841. The van der Waals surface area contributed by atoms with Crippen LogP contribution in [0.15, 0.2) is 16.9 Å². The van der Waals surface area contributed by atoms with Gasteiger partial charge in [-0.15, -0.1) is 0 Å². The molecule has 1 aliphatic rings. The number of carbonyl (C=O) groups excluding carboxylic acids is 1. The predicted molar refractivity (Wildman–Crippen MR) is 87.5 cm³/mol. The average Bonchev–Trinajstić information content (AvgIpc) is 3.20. The lowest BCUT2D eigenvalue weighted by molar-refractivity contribution is 0.177. The molecular formula is C16H24N6O2. The number of aryl methyl sites for hydroxylation is 3. The highest BCUT2D eigenvalue weighted by Gasteiger charge is 2.27. The maximum absolute atomic E-state index is 12.3. The van der Waals surface area contributed by atoms with E-state index in [4.69, 9.17) is 4.52 Å². The Morgan fingerprint density at radius 2 is 2.38 bits per heavy atom. The van der Waals surface area contributed by atoms with Crippen LogP contribution in [0.3, 0.4) is 0 Å². The monoisotopic (exact) mass is 332 g/mol. The molecule has 24 heavy (non-hydrogen) atoms. The molecule has 1 saturated heterocycles. The number of aromatic nitrogens is 4. The number of amides is 2. The van der Waals surface area contributed by atoms with E-state index < -0.39 is 0 Å². The van der Waals surface area contributed by atoms with Crippen LogP contribution < -0.4 is 5.32 Å². The van der Waals surface area contributed by atoms with Crippen molar-refractivity contribution in [2.75, 3.05) is 19.6 Å². The van der Waals surface area contributed by atoms with Crippen LogP contribution in [0.1, 0.15) is 42.5 Å². The summed E-state index contributed by atoms with van der Waals surface area (Å²) < 4.78 is 6.84. The zero-order valence-electron chi connectivity index (χ0n) is 14.2. The van der Waals surface area contributed by atoms with Crippen LogP contribution >= 0.6 is 0 Å². The molecule has 0 aliphatic carbocycles. The Labute approximate surface area is 141 Å². The number of carbonyl (C=O) groups is 1. The Morgan fingerprint density at radius 1 is 1.50 bits per heavy atom. The van der Waals surface area contributed by atoms with Crippen LogP contribution in [0.25, 0.3) is 0 Å². The normalized spacial score (nSPS) is 17.9. The summed E-state index contributed by atoms with van der Waals surface area (Å²) >= 11 is 0. The minimum absolute atomic E-state index is 0.00824. The molecule has 0 saturated carbocycles. The number of rotatable bonds is 5. The van der Waals surface area contributed by atoms with Gasteiger partial charge in [0.05, 0.1) is 6.20 Å². The third kappa shape index (κ3) is 4.12. The van der Waals surface area contributed by atoms with Crippen molar-refractivity contribution in [3.05, 3.63) is 29.7 Å². The van der Waals surface area contributed by atoms with Crippen molar-refractivity contribution in [3.8, 4) is 0 Å². The minimum Gasteiger partial charge on any atom is -0.340 e. The zero-order chi connectivity index (χ0) is 16.9. The molecule has 0 spiro atoms. The molecule has 130 valence electrons. The van der Waals surface area contributed by atoms with E-state index in [0.717, 1.165) is 32.2 Å². The third-order valence-corrected chi connectivity index (χ3v) is 4.29. The van der Waals surface area contributed by atoms with Gasteiger partial charge in [-0.3, -0.25) is 4.68 Å². The van der Waals surface area contributed by atoms with Gasteiger partial charge in [0.1, 0.15) is 0 Å². The number of hydrogen-bond donors (Lipinski definition) is 1. The third-order valence-electron chi connectivity index (χ3n) is 4.29. The molecule has 0 radical (unpaired) electrons. The summed E-state index contributed by atoms with van der Waals surface area (Å²) in [6.45, 7) is 3.87. The smallest absolute Gasteiger partial charge is 0.317 e. The molecule has 8 nitrogen and oxygen atoms in total. The Hall–Kier alpha value is -2.38. The van der Waals surface area contributed by atoms with Crippen LogP contribution in [-0.2, 0) is 13.5 Å². The second-order valence-corrected chi connectivity index (χ2v) is 6.31. The van der Waals surface area contributed by atoms with E-state index in [9.17, 15) is 4.79 Å². The molecule has 2 aromatic heterocycles. The number of likely N-dealkylation sites (tertiary alicyclic amines) is 1. The van der Waals surface area contributed by atoms with Crippen LogP contribution in [0, 0.1) is 6.92 Å². The SMILES string of the molecule is Cc1nc([C@@H]2CCCN(C(=O)NCCCc3cnn(C)c3)C2)no1. The fourth-order valence-electron chi connectivity index (χ4n) is 3.05. The predicted octanol–water partition coefficient (Wildman–Crippen LogP) is 1.63. The van der Waals surface area contributed by atoms with Crippen molar-refractivity contribution in [1.82, 2.24) is 30.1 Å². The lowest BCUT2D eigenvalue weighted by Crippen LogP contribution is -2.45. The molecule has 2 amide bonds. The first-order valence-corrected chi connectivity index (χ1v) is 8.42. The summed E-state index contributed by atoms with van der Waals surface area (Å²) in [5, 5.41) is 11.1. The van der Waals surface area contributed by atoms with Gasteiger partial charge in [-0.1, -0.05) is 5.16 Å². The van der Waals surface area contributed by atoms with Gasteiger partial charge in [-0.25, -0.2) is 4.79 Å². The molecule has 0 unspecified atom stereocenters. The maximum atomic E-state index is 12.3. The molecule has 1 fully saturated rings. The fourth-order valence-corrected chi connectivity index (χ4v) is 3.05. The van der Waals surface area contributed by atoms with E-state index in [2.05, 4.69) is 20.6 Å². The second-order valence-electron chi connectivity index (χ2n) is 6.31. The summed E-state index contributed by atoms with van der Waals surface area (Å²) in [6, 6.07) is -0.00824. The lowest BCUT2D eigenvalue weighted by Gasteiger charge is -2.31. The Balaban J connectivity index is 1.42. The maximum Gasteiger partial charge on any atom is 0.317 e. The molecule has 3 rings (SSSR count). The highest BCUT2D eigenvalue weighted by atomic mass is 16.5. The highest BCUT2D eigenvalue weighted by Crippen LogP contribution is 2.24. The van der Waals surface area contributed by atoms with E-state index in [1.807, 2.05) is 24.3 Å². The Morgan fingerprint density at radius 3 is 3.08 bits per heavy atom. The first-order valence-electron chi connectivity index (χ1n) is 8.42. The van der Waals surface area contributed by atoms with E-state index >= 15 is 0 Å². The minimum atomic E-state index is -0.00824. The van der Waals surface area contributed by atoms with Crippen molar-refractivity contribution in [1.29, 1.82) is 0 Å². The first-order chi connectivity index (χ1) is 11.6. The molecular weight excluding hydrogens is 308 g/mol. The summed E-state index contributed by atoms with van der Waals surface area (Å²) in [5.41, 5.74) is 1.19. The number of nitrogens with one attached hydrogen (secondary N) is 1. The van der Waals surface area contributed by atoms with Gasteiger partial charge < -0.3 is 14.7 Å². The van der Waals surface area contributed by atoms with Crippen LogP contribution in [0.2, 0.25) is 0 Å². The summed E-state index contributed by atoms with van der Waals surface area (Å²) in [4.78, 5) is 18.5. The van der Waals surface area contributed by atoms with Gasteiger partial charge in [0.25, 0.3) is 0 Å². The van der Waals surface area contributed by atoms with Crippen molar-refractivity contribution < 1.29 is 9.32 Å². The molecule has 1 N–H and O–H groups in total. The molecule has 2 aromatic rings. The van der Waals surface area contributed by atoms with Crippen molar-refractivity contribution >= 4 is 6.03 Å². The first kappa shape index (κ1) is 16.5. The van der Waals surface area contributed by atoms with E-state index in [1.54, 1.807) is 11.6 Å². The van der Waals surface area contributed by atoms with Crippen molar-refractivity contribution in [2.45, 2.75) is 38.5 Å². The van der Waals surface area contributed by atoms with Gasteiger partial charge in [0.15, 0.2) is 5.82 Å². The molecule has 1 aliphatic heterocycles. The number of nitrogens with zero attached hydrogens (tertiary/aromatic N) is 5. The number of hydrogen-bond acceptors (Lipinski definition) is 5. The van der Waals surface area contributed by atoms with Gasteiger partial charge >= 0.3 is 6.03 Å².